The molecule has 0 N–H and O–H groups in total. The van der Waals surface area contributed by atoms with Gasteiger partial charge in [0.15, 0.2) is 0 Å². The van der Waals surface area contributed by atoms with E-state index in [1.807, 2.05) is 0 Å². The Bertz CT molecular complexity index is 504. The zero-order valence-corrected chi connectivity index (χ0v) is 13.1. The van der Waals surface area contributed by atoms with E-state index < -0.39 is 0 Å². The van der Waals surface area contributed by atoms with Gasteiger partial charge < -0.3 is 0 Å². The predicted octanol–water partition coefficient (Wildman–Crippen LogP) is 5.82. The maximum Gasteiger partial charge on any atom is 0.0139 e. The number of rotatable bonds is 1. The molecule has 2 saturated carbocycles. The fourth-order valence-electron chi connectivity index (χ4n) is 5.79. The molecular formula is C20H28. The molecule has 0 nitrogen and oxygen atoms in total. The first kappa shape index (κ1) is 12.9. The van der Waals surface area contributed by atoms with E-state index in [2.05, 4.69) is 32.1 Å². The molecule has 4 aliphatic rings. The van der Waals surface area contributed by atoms with Crippen molar-refractivity contribution in [1.29, 1.82) is 0 Å². The average molecular weight is 268 g/mol. The summed E-state index contributed by atoms with van der Waals surface area (Å²) >= 11 is 0. The first-order valence-corrected chi connectivity index (χ1v) is 8.86. The normalized spacial score (nSPS) is 42.9. The second-order valence-electron chi connectivity index (χ2n) is 7.71. The standard InChI is InChI=1S/C20H28/c1-3-15-9-11-19-18-10-8-14-6-4-5-7-16(14)17(18)12-13-20(15,19)2/h9-11,14,16-17H,3-8,12-13H2,1-2H3/t14?,16-,17+,20+/m0/s1. The molecule has 0 heterocycles. The maximum atomic E-state index is 2.65. The molecule has 2 fully saturated rings. The van der Waals surface area contributed by atoms with Gasteiger partial charge in [-0.05, 0) is 67.4 Å². The van der Waals surface area contributed by atoms with Crippen LogP contribution in [0.2, 0.25) is 0 Å². The van der Waals surface area contributed by atoms with E-state index in [9.17, 15) is 0 Å². The van der Waals surface area contributed by atoms with Gasteiger partial charge >= 0.3 is 0 Å². The van der Waals surface area contributed by atoms with Crippen molar-refractivity contribution in [3.63, 3.8) is 0 Å². The SMILES string of the molecule is CCC1=CC=C2C3=CCC4CCCC[C@@H]4[C@H]3CC[C@]12C. The van der Waals surface area contributed by atoms with Crippen molar-refractivity contribution in [2.24, 2.45) is 23.2 Å². The van der Waals surface area contributed by atoms with E-state index in [4.69, 9.17) is 0 Å². The molecular weight excluding hydrogens is 240 g/mol. The van der Waals surface area contributed by atoms with Gasteiger partial charge in [0.1, 0.15) is 0 Å². The third-order valence-corrected chi connectivity index (χ3v) is 6.93. The highest BCUT2D eigenvalue weighted by atomic mass is 14.5. The summed E-state index contributed by atoms with van der Waals surface area (Å²) in [5.74, 6) is 2.93. The third-order valence-electron chi connectivity index (χ3n) is 6.93. The summed E-state index contributed by atoms with van der Waals surface area (Å²) < 4.78 is 0. The van der Waals surface area contributed by atoms with Crippen LogP contribution in [-0.2, 0) is 0 Å². The Morgan fingerprint density at radius 1 is 1.15 bits per heavy atom. The summed E-state index contributed by atoms with van der Waals surface area (Å²) in [4.78, 5) is 0. The third kappa shape index (κ3) is 1.66. The lowest BCUT2D eigenvalue weighted by Gasteiger charge is -2.49. The van der Waals surface area contributed by atoms with Crippen molar-refractivity contribution in [1.82, 2.24) is 0 Å². The fraction of sp³-hybridized carbons (Fsp3) is 0.700. The summed E-state index contributed by atoms with van der Waals surface area (Å²) in [5, 5.41) is 0. The van der Waals surface area contributed by atoms with Gasteiger partial charge in [-0.25, -0.2) is 0 Å². The van der Waals surface area contributed by atoms with Crippen LogP contribution in [0.4, 0.5) is 0 Å². The molecule has 4 rings (SSSR count). The Kier molecular flexibility index (Phi) is 2.98. The first-order chi connectivity index (χ1) is 9.74. The van der Waals surface area contributed by atoms with E-state index in [0.717, 1.165) is 17.8 Å². The molecule has 0 aliphatic heterocycles. The van der Waals surface area contributed by atoms with Gasteiger partial charge in [-0.15, -0.1) is 0 Å². The van der Waals surface area contributed by atoms with Gasteiger partial charge in [-0.1, -0.05) is 50.5 Å². The second-order valence-corrected chi connectivity index (χ2v) is 7.71. The minimum absolute atomic E-state index is 0.387. The van der Waals surface area contributed by atoms with Crippen molar-refractivity contribution in [3.8, 4) is 0 Å². The molecule has 0 aromatic carbocycles. The summed E-state index contributed by atoms with van der Waals surface area (Å²) in [6.45, 7) is 4.83. The lowest BCUT2D eigenvalue weighted by Crippen LogP contribution is -2.38. The maximum absolute atomic E-state index is 2.65. The monoisotopic (exact) mass is 268 g/mol. The highest BCUT2D eigenvalue weighted by Crippen LogP contribution is 2.59. The smallest absolute Gasteiger partial charge is 0.0139 e. The van der Waals surface area contributed by atoms with Crippen LogP contribution < -0.4 is 0 Å². The second kappa shape index (κ2) is 4.61. The molecule has 108 valence electrons. The summed E-state index contributed by atoms with van der Waals surface area (Å²) in [7, 11) is 0. The van der Waals surface area contributed by atoms with E-state index in [0.29, 0.717) is 5.41 Å². The lowest BCUT2D eigenvalue weighted by atomic mass is 9.55. The van der Waals surface area contributed by atoms with Crippen molar-refractivity contribution in [2.75, 3.05) is 0 Å². The molecule has 0 spiro atoms. The lowest BCUT2D eigenvalue weighted by molar-refractivity contribution is 0.141. The quantitative estimate of drug-likeness (QED) is 0.562. The van der Waals surface area contributed by atoms with E-state index in [-0.39, 0.29) is 0 Å². The minimum atomic E-state index is 0.387. The number of fused-ring (bicyclic) bond motifs is 5. The van der Waals surface area contributed by atoms with Crippen molar-refractivity contribution in [3.05, 3.63) is 34.9 Å². The van der Waals surface area contributed by atoms with Crippen LogP contribution in [0.3, 0.4) is 0 Å². The van der Waals surface area contributed by atoms with Gasteiger partial charge in [0, 0.05) is 5.41 Å². The number of hydrogen-bond acceptors (Lipinski definition) is 0. The van der Waals surface area contributed by atoms with Crippen molar-refractivity contribution >= 4 is 0 Å². The van der Waals surface area contributed by atoms with Crippen LogP contribution in [0.25, 0.3) is 0 Å². The summed E-state index contributed by atoms with van der Waals surface area (Å²) in [5.41, 5.74) is 5.53. The molecule has 0 aromatic heterocycles. The summed E-state index contributed by atoms with van der Waals surface area (Å²) in [6.07, 6.45) is 19.0. The Morgan fingerprint density at radius 2 is 2.00 bits per heavy atom. The van der Waals surface area contributed by atoms with Crippen molar-refractivity contribution in [2.45, 2.75) is 65.2 Å². The predicted molar refractivity (Wildman–Crippen MR) is 85.4 cm³/mol. The van der Waals surface area contributed by atoms with Gasteiger partial charge in [0.2, 0.25) is 0 Å². The fourth-order valence-corrected chi connectivity index (χ4v) is 5.79. The molecule has 0 bridgehead atoms. The molecule has 0 saturated heterocycles. The number of allylic oxidation sites excluding steroid dienone is 6. The molecule has 20 heavy (non-hydrogen) atoms. The molecule has 4 atom stereocenters. The number of hydrogen-bond donors (Lipinski definition) is 0. The average Bonchev–Trinajstić information content (AvgIpc) is 2.83. The largest absolute Gasteiger partial charge is 0.0804 e. The van der Waals surface area contributed by atoms with Crippen LogP contribution >= 0.6 is 0 Å². The molecule has 0 radical (unpaired) electrons. The van der Waals surface area contributed by atoms with Crippen LogP contribution in [0.15, 0.2) is 34.9 Å². The van der Waals surface area contributed by atoms with Gasteiger partial charge in [0.25, 0.3) is 0 Å². The minimum Gasteiger partial charge on any atom is -0.0804 e. The van der Waals surface area contributed by atoms with Crippen LogP contribution in [-0.4, -0.2) is 0 Å². The summed E-state index contributed by atoms with van der Waals surface area (Å²) in [6, 6.07) is 0. The molecule has 0 amide bonds. The highest BCUT2D eigenvalue weighted by Gasteiger charge is 2.47. The molecule has 0 aromatic rings. The Labute approximate surface area is 124 Å². The van der Waals surface area contributed by atoms with Crippen LogP contribution in [0.5, 0.6) is 0 Å². The first-order valence-electron chi connectivity index (χ1n) is 8.86. The zero-order valence-electron chi connectivity index (χ0n) is 13.1. The zero-order chi connectivity index (χ0) is 13.7. The Morgan fingerprint density at radius 3 is 2.85 bits per heavy atom. The van der Waals surface area contributed by atoms with E-state index in [1.54, 1.807) is 16.7 Å². The van der Waals surface area contributed by atoms with Crippen LogP contribution in [0.1, 0.15) is 65.2 Å². The van der Waals surface area contributed by atoms with E-state index in [1.165, 1.54) is 51.4 Å². The molecule has 0 heteroatoms. The van der Waals surface area contributed by atoms with Crippen LogP contribution in [0, 0.1) is 23.2 Å². The Balaban J connectivity index is 1.68. The van der Waals surface area contributed by atoms with E-state index >= 15 is 0 Å². The topological polar surface area (TPSA) is 0 Å². The van der Waals surface area contributed by atoms with Gasteiger partial charge in [0.05, 0.1) is 0 Å². The molecule has 1 unspecified atom stereocenters. The van der Waals surface area contributed by atoms with Gasteiger partial charge in [-0.3, -0.25) is 0 Å². The highest BCUT2D eigenvalue weighted by molar-refractivity contribution is 5.53. The molecule has 4 aliphatic carbocycles. The van der Waals surface area contributed by atoms with Crippen molar-refractivity contribution < 1.29 is 0 Å². The van der Waals surface area contributed by atoms with Gasteiger partial charge in [-0.2, -0.15) is 0 Å². The Hall–Kier alpha value is -0.780.